The van der Waals surface area contributed by atoms with E-state index in [-0.39, 0.29) is 4.90 Å². The highest BCUT2D eigenvalue weighted by molar-refractivity contribution is 7.89. The number of ether oxygens (including phenoxy) is 2. The van der Waals surface area contributed by atoms with Crippen LogP contribution >= 0.6 is 0 Å². The molecule has 166 valence electrons. The highest BCUT2D eigenvalue weighted by Crippen LogP contribution is 2.30. The van der Waals surface area contributed by atoms with Gasteiger partial charge in [0.05, 0.1) is 4.90 Å². The lowest BCUT2D eigenvalue weighted by atomic mass is 10.2. The van der Waals surface area contributed by atoms with E-state index in [1.807, 2.05) is 0 Å². The Balaban J connectivity index is 1.32. The number of anilines is 1. The fourth-order valence-electron chi connectivity index (χ4n) is 3.35. The Morgan fingerprint density at radius 1 is 1.06 bits per heavy atom. The summed E-state index contributed by atoms with van der Waals surface area (Å²) in [6.45, 7) is -0.603. The molecule has 0 atom stereocenters. The predicted molar refractivity (Wildman–Crippen MR) is 113 cm³/mol. The van der Waals surface area contributed by atoms with Crippen molar-refractivity contribution in [2.24, 2.45) is 5.14 Å². The number of carbonyl (C=O) groups excluding carboxylic acids is 2. The molecule has 2 aromatic carbocycles. The van der Waals surface area contributed by atoms with Gasteiger partial charge >= 0.3 is 11.6 Å². The van der Waals surface area contributed by atoms with Crippen LogP contribution in [0.4, 0.5) is 5.69 Å². The Labute approximate surface area is 182 Å². The fraction of sp³-hybridized carbons (Fsp3) is 0.190. The van der Waals surface area contributed by atoms with Crippen LogP contribution in [0.25, 0.3) is 11.0 Å². The first kappa shape index (κ1) is 21.5. The summed E-state index contributed by atoms with van der Waals surface area (Å²) >= 11 is 0. The summed E-state index contributed by atoms with van der Waals surface area (Å²) in [6, 6.07) is 11.9. The number of sulfonamides is 1. The van der Waals surface area contributed by atoms with Crippen molar-refractivity contribution in [1.29, 1.82) is 0 Å². The van der Waals surface area contributed by atoms with Gasteiger partial charge in [0.15, 0.2) is 13.2 Å². The molecule has 1 amide bonds. The average Bonchev–Trinajstić information content (AvgIpc) is 3.18. The monoisotopic (exact) mass is 458 g/mol. The van der Waals surface area contributed by atoms with Gasteiger partial charge in [0.25, 0.3) is 5.91 Å². The zero-order chi connectivity index (χ0) is 22.9. The predicted octanol–water partition coefficient (Wildman–Crippen LogP) is 0.952. The molecule has 0 spiro atoms. The molecule has 0 aliphatic carbocycles. The SMILES string of the molecule is NS(=O)(=O)c1ccc2c(c1)CCN2C(=O)COC(=O)COc1ccc2ccc(=O)oc2c1. The molecule has 1 aromatic heterocycles. The van der Waals surface area contributed by atoms with Crippen molar-refractivity contribution in [2.45, 2.75) is 11.3 Å². The Hall–Kier alpha value is -3.70. The number of nitrogens with two attached hydrogens (primary N) is 1. The molecule has 0 radical (unpaired) electrons. The van der Waals surface area contributed by atoms with Gasteiger partial charge in [-0.1, -0.05) is 0 Å². The summed E-state index contributed by atoms with van der Waals surface area (Å²) in [6.07, 6.45) is 0.458. The lowest BCUT2D eigenvalue weighted by Gasteiger charge is -2.17. The van der Waals surface area contributed by atoms with Crippen LogP contribution in [0, 0.1) is 0 Å². The zero-order valence-electron chi connectivity index (χ0n) is 16.6. The van der Waals surface area contributed by atoms with Crippen LogP contribution < -0.4 is 20.4 Å². The number of amides is 1. The van der Waals surface area contributed by atoms with E-state index in [0.717, 1.165) is 0 Å². The summed E-state index contributed by atoms with van der Waals surface area (Å²) in [4.78, 5) is 37.2. The van der Waals surface area contributed by atoms with E-state index >= 15 is 0 Å². The van der Waals surface area contributed by atoms with E-state index in [4.69, 9.17) is 19.0 Å². The molecular formula is C21H18N2O8S. The van der Waals surface area contributed by atoms with Gasteiger partial charge in [0, 0.05) is 29.8 Å². The molecule has 0 unspecified atom stereocenters. The second-order valence-corrected chi connectivity index (χ2v) is 8.60. The van der Waals surface area contributed by atoms with E-state index < -0.39 is 40.7 Å². The molecule has 2 N–H and O–H groups in total. The molecule has 11 heteroatoms. The van der Waals surface area contributed by atoms with E-state index in [1.54, 1.807) is 18.2 Å². The second kappa shape index (κ2) is 8.44. The largest absolute Gasteiger partial charge is 0.482 e. The Morgan fingerprint density at radius 2 is 1.84 bits per heavy atom. The van der Waals surface area contributed by atoms with Gasteiger partial charge in [0.1, 0.15) is 11.3 Å². The maximum atomic E-state index is 12.5. The number of primary sulfonamides is 1. The third-order valence-corrected chi connectivity index (χ3v) is 5.79. The molecule has 10 nitrogen and oxygen atoms in total. The van der Waals surface area contributed by atoms with Crippen LogP contribution in [-0.4, -0.2) is 40.1 Å². The number of fused-ring (bicyclic) bond motifs is 2. The molecule has 32 heavy (non-hydrogen) atoms. The van der Waals surface area contributed by atoms with Crippen molar-refractivity contribution < 1.29 is 31.9 Å². The van der Waals surface area contributed by atoms with Crippen molar-refractivity contribution in [3.05, 3.63) is 64.5 Å². The number of hydrogen-bond acceptors (Lipinski definition) is 8. The second-order valence-electron chi connectivity index (χ2n) is 7.03. The quantitative estimate of drug-likeness (QED) is 0.424. The normalized spacial score (nSPS) is 13.1. The third-order valence-electron chi connectivity index (χ3n) is 4.88. The number of carbonyl (C=O) groups is 2. The first-order valence-corrected chi connectivity index (χ1v) is 11.0. The number of nitrogens with zero attached hydrogens (tertiary/aromatic N) is 1. The minimum Gasteiger partial charge on any atom is -0.482 e. The molecule has 0 saturated carbocycles. The van der Waals surface area contributed by atoms with Crippen LogP contribution in [0.3, 0.4) is 0 Å². The molecule has 0 bridgehead atoms. The number of benzene rings is 2. The molecular weight excluding hydrogens is 440 g/mol. The highest BCUT2D eigenvalue weighted by atomic mass is 32.2. The standard InChI is InChI=1S/C21H18N2O8S/c22-32(27,28)16-4-5-17-14(9-16)7-8-23(17)19(24)11-30-21(26)12-29-15-3-1-13-2-6-20(25)31-18(13)10-15/h1-6,9-10H,7-8,11-12H2,(H2,22,27,28). The molecule has 4 rings (SSSR count). The van der Waals surface area contributed by atoms with Gasteiger partial charge in [-0.25, -0.2) is 23.1 Å². The number of hydrogen-bond donors (Lipinski definition) is 1. The van der Waals surface area contributed by atoms with Crippen LogP contribution in [-0.2, 0) is 30.8 Å². The summed E-state index contributed by atoms with van der Waals surface area (Å²) in [7, 11) is -3.84. The highest BCUT2D eigenvalue weighted by Gasteiger charge is 2.26. The first-order valence-electron chi connectivity index (χ1n) is 9.49. The summed E-state index contributed by atoms with van der Waals surface area (Å²) < 4.78 is 38.4. The van der Waals surface area contributed by atoms with E-state index in [9.17, 15) is 22.8 Å². The third kappa shape index (κ3) is 4.63. The summed E-state index contributed by atoms with van der Waals surface area (Å²) in [5.74, 6) is -0.904. The lowest BCUT2D eigenvalue weighted by Crippen LogP contribution is -2.33. The zero-order valence-corrected chi connectivity index (χ0v) is 17.5. The topological polar surface area (TPSA) is 146 Å². The van der Waals surface area contributed by atoms with Crippen molar-refractivity contribution in [1.82, 2.24) is 0 Å². The first-order chi connectivity index (χ1) is 15.2. The molecule has 0 saturated heterocycles. The van der Waals surface area contributed by atoms with Crippen LogP contribution in [0.2, 0.25) is 0 Å². The van der Waals surface area contributed by atoms with Gasteiger partial charge in [-0.05, 0) is 48.4 Å². The maximum Gasteiger partial charge on any atom is 0.344 e. The minimum atomic E-state index is -3.84. The number of rotatable bonds is 6. The molecule has 3 aromatic rings. The van der Waals surface area contributed by atoms with Crippen molar-refractivity contribution >= 4 is 38.6 Å². The molecule has 2 heterocycles. The minimum absolute atomic E-state index is 0.0258. The molecule has 0 fully saturated rings. The molecule has 1 aliphatic heterocycles. The van der Waals surface area contributed by atoms with Gasteiger partial charge in [-0.15, -0.1) is 0 Å². The van der Waals surface area contributed by atoms with Gasteiger partial charge in [-0.2, -0.15) is 0 Å². The van der Waals surface area contributed by atoms with Crippen LogP contribution in [0.15, 0.2) is 62.6 Å². The summed E-state index contributed by atoms with van der Waals surface area (Å²) in [5, 5.41) is 5.84. The molecule has 1 aliphatic rings. The maximum absolute atomic E-state index is 12.5. The van der Waals surface area contributed by atoms with E-state index in [0.29, 0.717) is 40.9 Å². The van der Waals surface area contributed by atoms with Crippen molar-refractivity contribution in [3.63, 3.8) is 0 Å². The lowest BCUT2D eigenvalue weighted by molar-refractivity contribution is -0.149. The smallest absolute Gasteiger partial charge is 0.344 e. The summed E-state index contributed by atoms with van der Waals surface area (Å²) in [5.41, 5.74) is 1.03. The Bertz CT molecular complexity index is 1380. The number of esters is 1. The van der Waals surface area contributed by atoms with Gasteiger partial charge in [0.2, 0.25) is 10.0 Å². The van der Waals surface area contributed by atoms with Crippen LogP contribution in [0.1, 0.15) is 5.56 Å². The van der Waals surface area contributed by atoms with E-state index in [1.165, 1.54) is 35.2 Å². The average molecular weight is 458 g/mol. The fourth-order valence-corrected chi connectivity index (χ4v) is 3.91. The van der Waals surface area contributed by atoms with Crippen molar-refractivity contribution in [3.8, 4) is 5.75 Å². The van der Waals surface area contributed by atoms with Crippen molar-refractivity contribution in [2.75, 3.05) is 24.7 Å². The van der Waals surface area contributed by atoms with Gasteiger partial charge < -0.3 is 18.8 Å². The Kier molecular flexibility index (Phi) is 5.68. The van der Waals surface area contributed by atoms with E-state index in [2.05, 4.69) is 0 Å². The van der Waals surface area contributed by atoms with Crippen LogP contribution in [0.5, 0.6) is 5.75 Å². The Morgan fingerprint density at radius 3 is 2.62 bits per heavy atom. The van der Waals surface area contributed by atoms with Gasteiger partial charge in [-0.3, -0.25) is 4.79 Å².